The van der Waals surface area contributed by atoms with Gasteiger partial charge < -0.3 is 9.32 Å². The van der Waals surface area contributed by atoms with Gasteiger partial charge in [0.05, 0.1) is 0 Å². The second-order valence-corrected chi connectivity index (χ2v) is 11.8. The Kier molecular flexibility index (Phi) is 6.17. The lowest BCUT2D eigenvalue weighted by Gasteiger charge is -2.26. The lowest BCUT2D eigenvalue weighted by Crippen LogP contribution is -2.09. The number of nitrogens with zero attached hydrogens (tertiary/aromatic N) is 1. The number of fused-ring (bicyclic) bond motifs is 6. The van der Waals surface area contributed by atoms with Crippen molar-refractivity contribution in [2.75, 3.05) is 4.90 Å². The number of rotatable bonds is 5. The smallest absolute Gasteiger partial charge is 0.143 e. The van der Waals surface area contributed by atoms with E-state index < -0.39 is 0 Å². The number of anilines is 3. The minimum atomic E-state index is 0.907. The molecule has 0 bridgehead atoms. The van der Waals surface area contributed by atoms with Gasteiger partial charge in [-0.15, -0.1) is 0 Å². The van der Waals surface area contributed by atoms with Gasteiger partial charge in [-0.2, -0.15) is 0 Å². The molecule has 46 heavy (non-hydrogen) atoms. The first-order chi connectivity index (χ1) is 22.8. The van der Waals surface area contributed by atoms with Gasteiger partial charge in [0.2, 0.25) is 0 Å². The Hall–Kier alpha value is -6.12. The summed E-state index contributed by atoms with van der Waals surface area (Å²) in [7, 11) is 0. The average molecular weight is 588 g/mol. The summed E-state index contributed by atoms with van der Waals surface area (Å²) >= 11 is 0. The molecule has 9 rings (SSSR count). The van der Waals surface area contributed by atoms with Gasteiger partial charge >= 0.3 is 0 Å². The molecule has 1 aromatic heterocycles. The molecule has 0 saturated carbocycles. The first-order valence-electron chi connectivity index (χ1n) is 15.7. The van der Waals surface area contributed by atoms with E-state index in [2.05, 4.69) is 181 Å². The molecule has 0 atom stereocenters. The lowest BCUT2D eigenvalue weighted by atomic mass is 9.97. The molecule has 0 radical (unpaired) electrons. The molecule has 0 saturated heterocycles. The predicted molar refractivity (Wildman–Crippen MR) is 194 cm³/mol. The summed E-state index contributed by atoms with van der Waals surface area (Å²) in [5, 5.41) is 7.12. The van der Waals surface area contributed by atoms with E-state index in [0.29, 0.717) is 0 Å². The summed E-state index contributed by atoms with van der Waals surface area (Å²) in [5.41, 5.74) is 9.89. The van der Waals surface area contributed by atoms with E-state index in [1.54, 1.807) is 0 Å². The Morgan fingerprint density at radius 3 is 1.89 bits per heavy atom. The summed E-state index contributed by atoms with van der Waals surface area (Å²) in [6.07, 6.45) is 0. The molecule has 2 nitrogen and oxygen atoms in total. The Morgan fingerprint density at radius 2 is 1.02 bits per heavy atom. The molecule has 0 aliphatic heterocycles. The average Bonchev–Trinajstić information content (AvgIpc) is 3.52. The number of benzene rings is 8. The minimum Gasteiger partial charge on any atom is -0.455 e. The fraction of sp³-hybridized carbons (Fsp3) is 0. The molecular weight excluding hydrogens is 558 g/mol. The van der Waals surface area contributed by atoms with Crippen molar-refractivity contribution in [3.8, 4) is 22.3 Å². The molecule has 0 fully saturated rings. The Labute approximate surface area is 267 Å². The number of furan rings is 1. The van der Waals surface area contributed by atoms with Crippen molar-refractivity contribution in [1.82, 2.24) is 0 Å². The third kappa shape index (κ3) is 4.43. The van der Waals surface area contributed by atoms with E-state index >= 15 is 0 Å². The highest BCUT2D eigenvalue weighted by atomic mass is 16.3. The third-order valence-corrected chi connectivity index (χ3v) is 9.03. The monoisotopic (exact) mass is 587 g/mol. The molecule has 8 aromatic carbocycles. The maximum atomic E-state index is 6.47. The summed E-state index contributed by atoms with van der Waals surface area (Å²) in [4.78, 5) is 2.33. The molecule has 0 aliphatic carbocycles. The van der Waals surface area contributed by atoms with Crippen LogP contribution in [-0.2, 0) is 0 Å². The molecule has 0 spiro atoms. The highest BCUT2D eigenvalue weighted by molar-refractivity contribution is 6.19. The zero-order chi connectivity index (χ0) is 30.5. The van der Waals surface area contributed by atoms with Gasteiger partial charge in [-0.05, 0) is 93.0 Å². The number of hydrogen-bond donors (Lipinski definition) is 0. The van der Waals surface area contributed by atoms with Crippen LogP contribution in [0.25, 0.3) is 65.7 Å². The van der Waals surface area contributed by atoms with Gasteiger partial charge in [0, 0.05) is 33.2 Å². The molecule has 0 N–H and O–H groups in total. The van der Waals surface area contributed by atoms with E-state index in [1.165, 1.54) is 32.8 Å². The second kappa shape index (κ2) is 10.8. The molecule has 1 heterocycles. The highest BCUT2D eigenvalue weighted by Crippen LogP contribution is 2.41. The maximum Gasteiger partial charge on any atom is 0.143 e. The predicted octanol–water partition coefficient (Wildman–Crippen LogP) is 12.7. The number of para-hydroxylation sites is 1. The quantitative estimate of drug-likeness (QED) is 0.199. The van der Waals surface area contributed by atoms with Crippen molar-refractivity contribution in [3.63, 3.8) is 0 Å². The Balaban J connectivity index is 1.14. The van der Waals surface area contributed by atoms with E-state index in [-0.39, 0.29) is 0 Å². The van der Waals surface area contributed by atoms with Crippen LogP contribution in [0.2, 0.25) is 0 Å². The van der Waals surface area contributed by atoms with Crippen LogP contribution in [0.1, 0.15) is 0 Å². The fourth-order valence-corrected chi connectivity index (χ4v) is 6.80. The van der Waals surface area contributed by atoms with Gasteiger partial charge in [-0.1, -0.05) is 121 Å². The van der Waals surface area contributed by atoms with Crippen molar-refractivity contribution in [2.24, 2.45) is 0 Å². The van der Waals surface area contributed by atoms with Gasteiger partial charge in [-0.25, -0.2) is 0 Å². The molecule has 216 valence electrons. The van der Waals surface area contributed by atoms with Crippen LogP contribution in [0, 0.1) is 0 Å². The normalized spacial score (nSPS) is 11.5. The maximum absolute atomic E-state index is 6.47. The summed E-state index contributed by atoms with van der Waals surface area (Å²) in [6, 6.07) is 62.7. The molecule has 9 aromatic rings. The van der Waals surface area contributed by atoms with Crippen LogP contribution in [0.5, 0.6) is 0 Å². The summed E-state index contributed by atoms with van der Waals surface area (Å²) in [6.45, 7) is 0. The van der Waals surface area contributed by atoms with Gasteiger partial charge in [0.1, 0.15) is 11.2 Å². The Bertz CT molecular complexity index is 2530. The Morgan fingerprint density at radius 1 is 0.370 bits per heavy atom. The van der Waals surface area contributed by atoms with Crippen LogP contribution in [0.15, 0.2) is 180 Å². The van der Waals surface area contributed by atoms with Gasteiger partial charge in [0.15, 0.2) is 0 Å². The standard InChI is InChI=1S/C44H29NO/c1-2-14-36(15-3-1)45(38-16-8-13-34(29-38)35-21-20-30-10-4-5-12-33(30)28-35)37-25-22-32(23-26-37)39-18-9-19-42-43(39)41-27-24-31-11-6-7-17-40(31)44(41)46-42/h1-29H. The van der Waals surface area contributed by atoms with Crippen LogP contribution >= 0.6 is 0 Å². The van der Waals surface area contributed by atoms with E-state index in [0.717, 1.165) is 50.0 Å². The van der Waals surface area contributed by atoms with Crippen molar-refractivity contribution in [3.05, 3.63) is 176 Å². The summed E-state index contributed by atoms with van der Waals surface area (Å²) in [5.74, 6) is 0. The number of hydrogen-bond acceptors (Lipinski definition) is 2. The fourth-order valence-electron chi connectivity index (χ4n) is 6.80. The van der Waals surface area contributed by atoms with Crippen LogP contribution in [0.3, 0.4) is 0 Å². The minimum absolute atomic E-state index is 0.907. The first kappa shape index (κ1) is 26.3. The third-order valence-electron chi connectivity index (χ3n) is 9.03. The van der Waals surface area contributed by atoms with Crippen LogP contribution < -0.4 is 4.90 Å². The van der Waals surface area contributed by atoms with Crippen molar-refractivity contribution in [2.45, 2.75) is 0 Å². The molecule has 2 heteroatoms. The van der Waals surface area contributed by atoms with Crippen LogP contribution in [0.4, 0.5) is 17.1 Å². The second-order valence-electron chi connectivity index (χ2n) is 11.8. The zero-order valence-corrected chi connectivity index (χ0v) is 25.1. The van der Waals surface area contributed by atoms with Crippen molar-refractivity contribution >= 4 is 60.5 Å². The van der Waals surface area contributed by atoms with Crippen molar-refractivity contribution in [1.29, 1.82) is 0 Å². The van der Waals surface area contributed by atoms with E-state index in [1.807, 2.05) is 0 Å². The van der Waals surface area contributed by atoms with Gasteiger partial charge in [-0.3, -0.25) is 0 Å². The summed E-state index contributed by atoms with van der Waals surface area (Å²) < 4.78 is 6.47. The van der Waals surface area contributed by atoms with E-state index in [9.17, 15) is 0 Å². The SMILES string of the molecule is c1ccc(N(c2ccc(-c3cccc4oc5c6ccccc6ccc5c34)cc2)c2cccc(-c3ccc4ccccc4c3)c2)cc1. The van der Waals surface area contributed by atoms with Crippen molar-refractivity contribution < 1.29 is 4.42 Å². The lowest BCUT2D eigenvalue weighted by molar-refractivity contribution is 0.673. The molecule has 0 amide bonds. The van der Waals surface area contributed by atoms with Crippen LogP contribution in [-0.4, -0.2) is 0 Å². The first-order valence-corrected chi connectivity index (χ1v) is 15.7. The molecular formula is C44H29NO. The highest BCUT2D eigenvalue weighted by Gasteiger charge is 2.17. The largest absolute Gasteiger partial charge is 0.455 e. The zero-order valence-electron chi connectivity index (χ0n) is 25.1. The van der Waals surface area contributed by atoms with E-state index in [4.69, 9.17) is 4.42 Å². The molecule has 0 aliphatic rings. The topological polar surface area (TPSA) is 16.4 Å². The van der Waals surface area contributed by atoms with Gasteiger partial charge in [0.25, 0.3) is 0 Å². The molecule has 0 unspecified atom stereocenters.